The average molecular weight is 343 g/mol. The van der Waals surface area contributed by atoms with Crippen molar-refractivity contribution in [2.45, 2.75) is 43.9 Å². The summed E-state index contributed by atoms with van der Waals surface area (Å²) in [7, 11) is -3.54. The van der Waals surface area contributed by atoms with Crippen LogP contribution in [0, 0.1) is 6.92 Å². The fourth-order valence-corrected chi connectivity index (χ4v) is 4.03. The van der Waals surface area contributed by atoms with E-state index in [4.69, 9.17) is 0 Å². The summed E-state index contributed by atoms with van der Waals surface area (Å²) >= 11 is 0. The van der Waals surface area contributed by atoms with Crippen molar-refractivity contribution in [3.63, 3.8) is 0 Å². The van der Waals surface area contributed by atoms with Crippen LogP contribution < -0.4 is 0 Å². The Morgan fingerprint density at radius 3 is 2.33 bits per heavy atom. The van der Waals surface area contributed by atoms with E-state index in [9.17, 15) is 8.42 Å². The van der Waals surface area contributed by atoms with Gasteiger partial charge in [-0.15, -0.1) is 11.5 Å². The average Bonchev–Trinajstić information content (AvgIpc) is 2.59. The van der Waals surface area contributed by atoms with Crippen molar-refractivity contribution in [1.82, 2.24) is 4.31 Å². The molecule has 1 aromatic rings. The molecule has 1 saturated carbocycles. The molecule has 0 amide bonds. The molecule has 4 heteroatoms. The maximum absolute atomic E-state index is 12.8. The van der Waals surface area contributed by atoms with Gasteiger partial charge in [0.25, 0.3) is 0 Å². The molecule has 0 unspecified atom stereocenters. The van der Waals surface area contributed by atoms with Crippen LogP contribution in [0.15, 0.2) is 64.9 Å². The molecule has 24 heavy (non-hydrogen) atoms. The number of rotatable bonds is 6. The second kappa shape index (κ2) is 8.86. The molecule has 0 spiro atoms. The maximum Gasteiger partial charge on any atom is 0.243 e. The van der Waals surface area contributed by atoms with Gasteiger partial charge in [-0.25, -0.2) is 8.42 Å². The van der Waals surface area contributed by atoms with Gasteiger partial charge in [-0.05, 0) is 62.5 Å². The van der Waals surface area contributed by atoms with Gasteiger partial charge in [0.1, 0.15) is 0 Å². The van der Waals surface area contributed by atoms with Crippen molar-refractivity contribution in [2.24, 2.45) is 0 Å². The minimum atomic E-state index is -3.54. The number of aryl methyl sites for hydroxylation is 1. The second-order valence-electron chi connectivity index (χ2n) is 6.06. The highest BCUT2D eigenvalue weighted by atomic mass is 32.2. The summed E-state index contributed by atoms with van der Waals surface area (Å²) < 4.78 is 27.1. The van der Waals surface area contributed by atoms with Crippen molar-refractivity contribution in [3.8, 4) is 0 Å². The van der Waals surface area contributed by atoms with Crippen LogP contribution in [0.1, 0.15) is 37.7 Å². The summed E-state index contributed by atoms with van der Waals surface area (Å²) in [5.74, 6) is 0. The van der Waals surface area contributed by atoms with Crippen molar-refractivity contribution in [2.75, 3.05) is 13.1 Å². The number of hydrogen-bond donors (Lipinski definition) is 0. The zero-order chi connectivity index (χ0) is 17.4. The highest BCUT2D eigenvalue weighted by Gasteiger charge is 2.22. The van der Waals surface area contributed by atoms with E-state index in [0.717, 1.165) is 18.4 Å². The van der Waals surface area contributed by atoms with Gasteiger partial charge < -0.3 is 0 Å². The highest BCUT2D eigenvalue weighted by Crippen LogP contribution is 2.21. The molecule has 1 fully saturated rings. The first-order valence-electron chi connectivity index (χ1n) is 8.38. The number of nitrogens with zero attached hydrogens (tertiary/aromatic N) is 1. The molecule has 128 valence electrons. The van der Waals surface area contributed by atoms with Crippen LogP contribution in [0.3, 0.4) is 0 Å². The first-order valence-corrected chi connectivity index (χ1v) is 9.82. The van der Waals surface area contributed by atoms with Gasteiger partial charge in [0.05, 0.1) is 4.90 Å². The molecule has 2 rings (SSSR count). The summed E-state index contributed by atoms with van der Waals surface area (Å²) in [6.07, 6.45) is 9.32. The minimum Gasteiger partial charge on any atom is -0.207 e. The molecule has 0 radical (unpaired) electrons. The largest absolute Gasteiger partial charge is 0.243 e. The van der Waals surface area contributed by atoms with Crippen molar-refractivity contribution >= 4 is 10.0 Å². The molecule has 1 aliphatic carbocycles. The summed E-state index contributed by atoms with van der Waals surface area (Å²) in [5, 5.41) is 0. The fraction of sp³-hybridized carbons (Fsp3) is 0.400. The van der Waals surface area contributed by atoms with Crippen molar-refractivity contribution in [3.05, 3.63) is 65.6 Å². The molecule has 0 N–H and O–H groups in total. The van der Waals surface area contributed by atoms with Crippen LogP contribution in [0.5, 0.6) is 0 Å². The second-order valence-corrected chi connectivity index (χ2v) is 7.99. The zero-order valence-corrected chi connectivity index (χ0v) is 15.1. The number of sulfonamides is 1. The lowest BCUT2D eigenvalue weighted by Crippen LogP contribution is -2.31. The molecular formula is C20H25NO2S. The quantitative estimate of drug-likeness (QED) is 0.719. The van der Waals surface area contributed by atoms with E-state index in [1.54, 1.807) is 18.2 Å². The normalized spacial score (nSPS) is 14.8. The van der Waals surface area contributed by atoms with Gasteiger partial charge in [-0.3, -0.25) is 0 Å². The van der Waals surface area contributed by atoms with Crippen LogP contribution >= 0.6 is 0 Å². The third-order valence-electron chi connectivity index (χ3n) is 4.16. The van der Waals surface area contributed by atoms with E-state index in [0.29, 0.717) is 11.4 Å². The smallest absolute Gasteiger partial charge is 0.207 e. The van der Waals surface area contributed by atoms with Crippen molar-refractivity contribution < 1.29 is 8.42 Å². The SMILES string of the molecule is C=C=CCN(CC=C=C1CCCCC1)S(=O)(=O)c1ccc(C)cc1. The van der Waals surface area contributed by atoms with Crippen LogP contribution in [-0.2, 0) is 10.0 Å². The Bertz CT molecular complexity index is 754. The monoisotopic (exact) mass is 343 g/mol. The first kappa shape index (κ1) is 18.5. The van der Waals surface area contributed by atoms with Gasteiger partial charge in [0.2, 0.25) is 10.0 Å². The topological polar surface area (TPSA) is 37.4 Å². The summed E-state index contributed by atoms with van der Waals surface area (Å²) in [4.78, 5) is 0.310. The van der Waals surface area contributed by atoms with E-state index in [-0.39, 0.29) is 6.54 Å². The molecule has 0 bridgehead atoms. The molecule has 0 saturated heterocycles. The number of hydrogen-bond acceptors (Lipinski definition) is 2. The van der Waals surface area contributed by atoms with E-state index >= 15 is 0 Å². The summed E-state index contributed by atoms with van der Waals surface area (Å²) in [5.41, 5.74) is 8.28. The Balaban J connectivity index is 2.21. The van der Waals surface area contributed by atoms with E-state index in [1.165, 1.54) is 29.1 Å². The molecule has 1 aromatic carbocycles. The van der Waals surface area contributed by atoms with Gasteiger partial charge in [-0.1, -0.05) is 30.7 Å². The standard InChI is InChI=1S/C20H25NO2S/c1-3-4-16-21(17-8-11-19-9-6-5-7-10-19)24(22,23)20-14-12-18(2)13-15-20/h4,8,12-15H,1,5-7,9-10,16-17H2,2H3. The molecule has 3 nitrogen and oxygen atoms in total. The van der Waals surface area contributed by atoms with E-state index in [2.05, 4.69) is 18.0 Å². The Labute approximate surface area is 145 Å². The predicted molar refractivity (Wildman–Crippen MR) is 98.3 cm³/mol. The Hall–Kier alpha value is -1.83. The lowest BCUT2D eigenvalue weighted by molar-refractivity contribution is 0.474. The Morgan fingerprint density at radius 2 is 1.71 bits per heavy atom. The molecule has 1 aliphatic rings. The summed E-state index contributed by atoms with van der Waals surface area (Å²) in [6.45, 7) is 6.02. The van der Waals surface area contributed by atoms with Gasteiger partial charge in [0, 0.05) is 13.1 Å². The van der Waals surface area contributed by atoms with Crippen LogP contribution in [-0.4, -0.2) is 25.8 Å². The highest BCUT2D eigenvalue weighted by molar-refractivity contribution is 7.89. The van der Waals surface area contributed by atoms with Crippen molar-refractivity contribution in [1.29, 1.82) is 0 Å². The summed E-state index contributed by atoms with van der Waals surface area (Å²) in [6, 6.07) is 6.93. The van der Waals surface area contributed by atoms with Crippen LogP contribution in [0.2, 0.25) is 0 Å². The minimum absolute atomic E-state index is 0.257. The lowest BCUT2D eigenvalue weighted by Gasteiger charge is -2.19. The molecular weight excluding hydrogens is 318 g/mol. The van der Waals surface area contributed by atoms with E-state index in [1.807, 2.05) is 25.1 Å². The zero-order valence-electron chi connectivity index (χ0n) is 14.3. The Kier molecular flexibility index (Phi) is 6.84. The van der Waals surface area contributed by atoms with Gasteiger partial charge >= 0.3 is 0 Å². The van der Waals surface area contributed by atoms with Gasteiger partial charge in [0.15, 0.2) is 0 Å². The molecule has 0 heterocycles. The third kappa shape index (κ3) is 5.09. The third-order valence-corrected chi connectivity index (χ3v) is 6.00. The predicted octanol–water partition coefficient (Wildman–Crippen LogP) is 4.37. The lowest BCUT2D eigenvalue weighted by atomic mass is 9.96. The fourth-order valence-electron chi connectivity index (χ4n) is 2.71. The Morgan fingerprint density at radius 1 is 1.08 bits per heavy atom. The first-order chi connectivity index (χ1) is 11.5. The number of benzene rings is 1. The molecule has 0 atom stereocenters. The van der Waals surface area contributed by atoms with Crippen LogP contribution in [0.4, 0.5) is 0 Å². The molecule has 0 aromatic heterocycles. The molecule has 0 aliphatic heterocycles. The van der Waals surface area contributed by atoms with Gasteiger partial charge in [-0.2, -0.15) is 4.31 Å². The maximum atomic E-state index is 12.8. The van der Waals surface area contributed by atoms with Crippen LogP contribution in [0.25, 0.3) is 0 Å². The van der Waals surface area contributed by atoms with E-state index < -0.39 is 10.0 Å².